The summed E-state index contributed by atoms with van der Waals surface area (Å²) < 4.78 is 13.3. The molecule has 20 heavy (non-hydrogen) atoms. The summed E-state index contributed by atoms with van der Waals surface area (Å²) in [6, 6.07) is 4.34. The van der Waals surface area contributed by atoms with Gasteiger partial charge in [-0.2, -0.15) is 4.39 Å². The Hall–Kier alpha value is -1.65. The van der Waals surface area contributed by atoms with Gasteiger partial charge in [0.15, 0.2) is 0 Å². The van der Waals surface area contributed by atoms with Crippen molar-refractivity contribution in [3.05, 3.63) is 34.1 Å². The number of anilines is 1. The average molecular weight is 280 g/mol. The Bertz CT molecular complexity index is 491. The number of nitro benzene ring substituents is 1. The molecule has 0 spiro atoms. The summed E-state index contributed by atoms with van der Waals surface area (Å²) in [7, 11) is 0. The van der Waals surface area contributed by atoms with Gasteiger partial charge in [-0.05, 0) is 36.8 Å². The van der Waals surface area contributed by atoms with E-state index in [0.29, 0.717) is 23.6 Å². The lowest BCUT2D eigenvalue weighted by atomic mass is 9.78. The maximum absolute atomic E-state index is 13.3. The molecule has 110 valence electrons. The molecule has 4 nitrogen and oxygen atoms in total. The largest absolute Gasteiger partial charge is 0.382 e. The van der Waals surface area contributed by atoms with Gasteiger partial charge < -0.3 is 5.32 Å². The molecule has 1 aromatic rings. The van der Waals surface area contributed by atoms with Gasteiger partial charge in [0.2, 0.25) is 5.82 Å². The van der Waals surface area contributed by atoms with Crippen molar-refractivity contribution in [3.8, 4) is 0 Å². The molecule has 1 saturated carbocycles. The lowest BCUT2D eigenvalue weighted by molar-refractivity contribution is -0.387. The third-order valence-electron chi connectivity index (χ3n) is 4.17. The van der Waals surface area contributed by atoms with Crippen LogP contribution >= 0.6 is 0 Å². The maximum Gasteiger partial charge on any atom is 0.306 e. The van der Waals surface area contributed by atoms with Gasteiger partial charge in [-0.25, -0.2) is 0 Å². The monoisotopic (exact) mass is 280 g/mol. The topological polar surface area (TPSA) is 55.2 Å². The second-order valence-corrected chi connectivity index (χ2v) is 5.87. The van der Waals surface area contributed by atoms with Gasteiger partial charge in [-0.1, -0.05) is 26.7 Å². The highest BCUT2D eigenvalue weighted by Crippen LogP contribution is 2.33. The normalized spacial score (nSPS) is 22.8. The zero-order valence-corrected chi connectivity index (χ0v) is 11.9. The van der Waals surface area contributed by atoms with Crippen molar-refractivity contribution < 1.29 is 9.31 Å². The summed E-state index contributed by atoms with van der Waals surface area (Å²) in [5, 5.41) is 14.1. The SMILES string of the molecule is CC(C)C1CCCCC1Nc1ccc(F)c([N+](=O)[O-])c1. The number of benzene rings is 1. The third kappa shape index (κ3) is 3.26. The molecule has 0 amide bonds. The van der Waals surface area contributed by atoms with Crippen LogP contribution in [0.2, 0.25) is 0 Å². The van der Waals surface area contributed by atoms with E-state index in [1.165, 1.54) is 25.3 Å². The van der Waals surface area contributed by atoms with E-state index in [0.717, 1.165) is 12.5 Å². The molecule has 1 aromatic carbocycles. The van der Waals surface area contributed by atoms with Crippen molar-refractivity contribution in [3.63, 3.8) is 0 Å². The van der Waals surface area contributed by atoms with Crippen LogP contribution in [0.1, 0.15) is 39.5 Å². The maximum atomic E-state index is 13.3. The van der Waals surface area contributed by atoms with Crippen molar-refractivity contribution in [2.24, 2.45) is 11.8 Å². The summed E-state index contributed by atoms with van der Waals surface area (Å²) in [6.45, 7) is 4.41. The van der Waals surface area contributed by atoms with E-state index in [9.17, 15) is 14.5 Å². The molecule has 0 bridgehead atoms. The molecular formula is C15H21FN2O2. The zero-order valence-electron chi connectivity index (χ0n) is 11.9. The summed E-state index contributed by atoms with van der Waals surface area (Å²) in [5.41, 5.74) is 0.169. The van der Waals surface area contributed by atoms with Crippen LogP contribution in [0.3, 0.4) is 0 Å². The van der Waals surface area contributed by atoms with Gasteiger partial charge >= 0.3 is 5.69 Å². The smallest absolute Gasteiger partial charge is 0.306 e. The second-order valence-electron chi connectivity index (χ2n) is 5.87. The predicted molar refractivity (Wildman–Crippen MR) is 77.3 cm³/mol. The summed E-state index contributed by atoms with van der Waals surface area (Å²) in [6.07, 6.45) is 4.65. The summed E-state index contributed by atoms with van der Waals surface area (Å²) >= 11 is 0. The molecule has 1 aliphatic rings. The van der Waals surface area contributed by atoms with Crippen LogP contribution in [0.15, 0.2) is 18.2 Å². The number of nitrogens with one attached hydrogen (secondary N) is 1. The fraction of sp³-hybridized carbons (Fsp3) is 0.600. The first kappa shape index (κ1) is 14.8. The lowest BCUT2D eigenvalue weighted by Gasteiger charge is -2.35. The van der Waals surface area contributed by atoms with Crippen LogP contribution in [0.4, 0.5) is 15.8 Å². The number of nitrogens with zero attached hydrogens (tertiary/aromatic N) is 1. The Morgan fingerprint density at radius 2 is 2.05 bits per heavy atom. The predicted octanol–water partition coefficient (Wildman–Crippen LogP) is 4.36. The number of halogens is 1. The number of rotatable bonds is 4. The van der Waals surface area contributed by atoms with E-state index < -0.39 is 16.4 Å². The molecule has 2 rings (SSSR count). The van der Waals surface area contributed by atoms with Crippen molar-refractivity contribution in [2.75, 3.05) is 5.32 Å². The molecule has 0 heterocycles. The van der Waals surface area contributed by atoms with Gasteiger partial charge in [0.05, 0.1) is 4.92 Å². The first-order valence-electron chi connectivity index (χ1n) is 7.19. The molecule has 2 unspecified atom stereocenters. The summed E-state index contributed by atoms with van der Waals surface area (Å²) in [4.78, 5) is 10.1. The molecule has 1 aliphatic carbocycles. The van der Waals surface area contributed by atoms with E-state index >= 15 is 0 Å². The van der Waals surface area contributed by atoms with E-state index in [4.69, 9.17) is 0 Å². The van der Waals surface area contributed by atoms with Crippen LogP contribution < -0.4 is 5.32 Å². The molecule has 5 heteroatoms. The van der Waals surface area contributed by atoms with Crippen LogP contribution in [-0.4, -0.2) is 11.0 Å². The Morgan fingerprint density at radius 3 is 2.70 bits per heavy atom. The Labute approximate surface area is 118 Å². The fourth-order valence-electron chi connectivity index (χ4n) is 3.09. The van der Waals surface area contributed by atoms with E-state index in [1.807, 2.05) is 0 Å². The number of hydrogen-bond donors (Lipinski definition) is 1. The third-order valence-corrected chi connectivity index (χ3v) is 4.17. The minimum absolute atomic E-state index is 0.314. The standard InChI is InChI=1S/C15H21FN2O2/c1-10(2)12-5-3-4-6-14(12)17-11-7-8-13(16)15(9-11)18(19)20/h7-10,12,14,17H,3-6H2,1-2H3. The minimum atomic E-state index is -0.787. The van der Waals surface area contributed by atoms with Crippen molar-refractivity contribution >= 4 is 11.4 Å². The quantitative estimate of drug-likeness (QED) is 0.658. The lowest BCUT2D eigenvalue weighted by Crippen LogP contribution is -2.35. The summed E-state index contributed by atoms with van der Waals surface area (Å²) in [5.74, 6) is 0.348. The van der Waals surface area contributed by atoms with Gasteiger partial charge in [-0.3, -0.25) is 10.1 Å². The van der Waals surface area contributed by atoms with Crippen molar-refractivity contribution in [1.29, 1.82) is 0 Å². The number of nitro groups is 1. The van der Waals surface area contributed by atoms with Crippen molar-refractivity contribution in [2.45, 2.75) is 45.6 Å². The minimum Gasteiger partial charge on any atom is -0.382 e. The highest BCUT2D eigenvalue weighted by atomic mass is 19.1. The Kier molecular flexibility index (Phi) is 4.57. The highest BCUT2D eigenvalue weighted by molar-refractivity contribution is 5.52. The van der Waals surface area contributed by atoms with Crippen LogP contribution in [-0.2, 0) is 0 Å². The Morgan fingerprint density at radius 1 is 1.35 bits per heavy atom. The molecule has 2 atom stereocenters. The van der Waals surface area contributed by atoms with E-state index in [1.54, 1.807) is 6.07 Å². The van der Waals surface area contributed by atoms with Gasteiger partial charge in [0.25, 0.3) is 0 Å². The molecule has 0 saturated heterocycles. The molecule has 1 fully saturated rings. The number of hydrogen-bond acceptors (Lipinski definition) is 3. The van der Waals surface area contributed by atoms with Crippen molar-refractivity contribution in [1.82, 2.24) is 0 Å². The zero-order chi connectivity index (χ0) is 14.7. The van der Waals surface area contributed by atoms with Crippen LogP contribution in [0, 0.1) is 27.8 Å². The molecular weight excluding hydrogens is 259 g/mol. The Balaban J connectivity index is 2.16. The fourth-order valence-corrected chi connectivity index (χ4v) is 3.09. The molecule has 0 aromatic heterocycles. The molecule has 1 N–H and O–H groups in total. The highest BCUT2D eigenvalue weighted by Gasteiger charge is 2.27. The van der Waals surface area contributed by atoms with Gasteiger partial charge in [0, 0.05) is 17.8 Å². The first-order chi connectivity index (χ1) is 9.49. The van der Waals surface area contributed by atoms with Gasteiger partial charge in [-0.15, -0.1) is 0 Å². The molecule has 0 aliphatic heterocycles. The average Bonchev–Trinajstić information content (AvgIpc) is 2.41. The van der Waals surface area contributed by atoms with Gasteiger partial charge in [0.1, 0.15) is 0 Å². The van der Waals surface area contributed by atoms with E-state index in [-0.39, 0.29) is 0 Å². The second kappa shape index (κ2) is 6.20. The van der Waals surface area contributed by atoms with Crippen LogP contribution in [0.5, 0.6) is 0 Å². The van der Waals surface area contributed by atoms with E-state index in [2.05, 4.69) is 19.2 Å². The van der Waals surface area contributed by atoms with Crippen LogP contribution in [0.25, 0.3) is 0 Å². The first-order valence-corrected chi connectivity index (χ1v) is 7.19. The molecule has 0 radical (unpaired) electrons.